The van der Waals surface area contributed by atoms with Gasteiger partial charge >= 0.3 is 0 Å². The average Bonchev–Trinajstić information content (AvgIpc) is 2.77. The number of fused-ring (bicyclic) bond motifs is 1. The molecule has 0 bridgehead atoms. The molecule has 0 aliphatic carbocycles. The molecule has 2 amide bonds. The Morgan fingerprint density at radius 2 is 1.80 bits per heavy atom. The molecule has 2 aromatic carbocycles. The molecule has 2 aromatic rings. The molecule has 7 nitrogen and oxygen atoms in total. The van der Waals surface area contributed by atoms with Crippen molar-refractivity contribution in [3.63, 3.8) is 0 Å². The molecule has 2 aliphatic rings. The van der Waals surface area contributed by atoms with Gasteiger partial charge in [-0.15, -0.1) is 0 Å². The Hall–Kier alpha value is -2.77. The first kappa shape index (κ1) is 20.5. The quantitative estimate of drug-likeness (QED) is 0.791. The van der Waals surface area contributed by atoms with E-state index in [4.69, 9.17) is 21.1 Å². The van der Waals surface area contributed by atoms with Crippen molar-refractivity contribution in [1.82, 2.24) is 9.80 Å². The minimum atomic E-state index is -0.616. The van der Waals surface area contributed by atoms with E-state index in [0.29, 0.717) is 48.3 Å². The lowest BCUT2D eigenvalue weighted by Crippen LogP contribution is -2.54. The normalized spacial score (nSPS) is 18.7. The van der Waals surface area contributed by atoms with Crippen LogP contribution in [-0.4, -0.2) is 67.0 Å². The van der Waals surface area contributed by atoms with Crippen LogP contribution < -0.4 is 14.8 Å². The van der Waals surface area contributed by atoms with Crippen LogP contribution in [0.4, 0.5) is 5.69 Å². The molecule has 2 heterocycles. The Kier molecular flexibility index (Phi) is 6.40. The van der Waals surface area contributed by atoms with Crippen molar-refractivity contribution in [1.29, 1.82) is 0 Å². The summed E-state index contributed by atoms with van der Waals surface area (Å²) < 4.78 is 11.5. The van der Waals surface area contributed by atoms with Gasteiger partial charge in [-0.1, -0.05) is 29.8 Å². The molecule has 2 aliphatic heterocycles. The Labute approximate surface area is 180 Å². The number of hydrogen-bond donors (Lipinski definition) is 1. The molecule has 158 valence electrons. The monoisotopic (exact) mass is 429 g/mol. The van der Waals surface area contributed by atoms with E-state index in [1.54, 1.807) is 24.3 Å². The fourth-order valence-corrected chi connectivity index (χ4v) is 3.78. The minimum absolute atomic E-state index is 0.0529. The second-order valence-electron chi connectivity index (χ2n) is 7.34. The van der Waals surface area contributed by atoms with Gasteiger partial charge in [0.05, 0.1) is 0 Å². The fraction of sp³-hybridized carbons (Fsp3) is 0.364. The van der Waals surface area contributed by atoms with Crippen LogP contribution in [0.1, 0.15) is 6.42 Å². The predicted molar refractivity (Wildman–Crippen MR) is 114 cm³/mol. The number of nitrogens with zero attached hydrogens (tertiary/aromatic N) is 2. The number of benzene rings is 2. The number of ether oxygens (including phenoxy) is 2. The maximum Gasteiger partial charge on any atom is 0.267 e. The second kappa shape index (κ2) is 9.36. The first-order valence-corrected chi connectivity index (χ1v) is 10.4. The van der Waals surface area contributed by atoms with E-state index >= 15 is 0 Å². The summed E-state index contributed by atoms with van der Waals surface area (Å²) in [4.78, 5) is 29.0. The molecule has 1 unspecified atom stereocenters. The summed E-state index contributed by atoms with van der Waals surface area (Å²) in [6.45, 7) is 3.53. The van der Waals surface area contributed by atoms with E-state index in [1.165, 1.54) is 0 Å². The summed E-state index contributed by atoms with van der Waals surface area (Å²) in [6, 6.07) is 14.5. The van der Waals surface area contributed by atoms with Gasteiger partial charge in [0.2, 0.25) is 12.0 Å². The maximum absolute atomic E-state index is 12.8. The van der Waals surface area contributed by atoms with Gasteiger partial charge < -0.3 is 19.7 Å². The number of hydrogen-bond acceptors (Lipinski definition) is 5. The van der Waals surface area contributed by atoms with Crippen molar-refractivity contribution in [2.24, 2.45) is 0 Å². The topological polar surface area (TPSA) is 71.1 Å². The molecule has 1 N–H and O–H groups in total. The van der Waals surface area contributed by atoms with E-state index in [9.17, 15) is 9.59 Å². The fourth-order valence-electron chi connectivity index (χ4n) is 3.59. The van der Waals surface area contributed by atoms with Crippen LogP contribution >= 0.6 is 11.6 Å². The number of amides is 2. The van der Waals surface area contributed by atoms with E-state index in [-0.39, 0.29) is 18.4 Å². The zero-order chi connectivity index (χ0) is 20.9. The summed E-state index contributed by atoms with van der Waals surface area (Å²) in [5.74, 6) is 1.17. The summed E-state index contributed by atoms with van der Waals surface area (Å²) in [6.07, 6.45) is -0.230. The van der Waals surface area contributed by atoms with Crippen molar-refractivity contribution in [3.05, 3.63) is 53.6 Å². The van der Waals surface area contributed by atoms with Crippen LogP contribution in [0.5, 0.6) is 11.5 Å². The number of para-hydroxylation sites is 2. The lowest BCUT2D eigenvalue weighted by atomic mass is 10.2. The lowest BCUT2D eigenvalue weighted by Gasteiger charge is -2.37. The van der Waals surface area contributed by atoms with Crippen LogP contribution in [0.15, 0.2) is 48.5 Å². The van der Waals surface area contributed by atoms with Crippen molar-refractivity contribution in [3.8, 4) is 11.5 Å². The van der Waals surface area contributed by atoms with Gasteiger partial charge in [-0.25, -0.2) is 0 Å². The molecule has 0 aromatic heterocycles. The number of nitrogens with one attached hydrogen (secondary N) is 1. The number of carbonyl (C=O) groups excluding carboxylic acids is 2. The molecule has 0 radical (unpaired) electrons. The zero-order valence-corrected chi connectivity index (χ0v) is 17.3. The molecule has 0 spiro atoms. The number of halogens is 1. The Morgan fingerprint density at radius 3 is 2.57 bits per heavy atom. The highest BCUT2D eigenvalue weighted by molar-refractivity contribution is 6.30. The molecule has 30 heavy (non-hydrogen) atoms. The molecule has 1 saturated heterocycles. The first-order valence-electron chi connectivity index (χ1n) is 10.0. The van der Waals surface area contributed by atoms with Crippen LogP contribution in [0.2, 0.25) is 5.02 Å². The van der Waals surface area contributed by atoms with Crippen molar-refractivity contribution in [2.75, 3.05) is 44.6 Å². The van der Waals surface area contributed by atoms with Gasteiger partial charge in [0.15, 0.2) is 11.5 Å². The number of anilines is 1. The molecular formula is C22H24ClN3O4. The number of rotatable bonds is 5. The highest BCUT2D eigenvalue weighted by Gasteiger charge is 2.32. The molecular weight excluding hydrogens is 406 g/mol. The third-order valence-electron chi connectivity index (χ3n) is 5.23. The highest BCUT2D eigenvalue weighted by Crippen LogP contribution is 2.31. The first-order chi connectivity index (χ1) is 14.6. The molecule has 4 rings (SSSR count). The van der Waals surface area contributed by atoms with Gasteiger partial charge in [0.1, 0.15) is 6.61 Å². The van der Waals surface area contributed by atoms with Gasteiger partial charge in [0.25, 0.3) is 5.91 Å². The number of piperazine rings is 1. The standard InChI is InChI=1S/C22H24ClN3O4/c23-16-4-3-5-17(14-16)24-21(27)8-9-25-10-12-26(13-11-25)22(28)20-15-29-18-6-1-2-7-19(18)30-20/h1-7,14,20H,8-13,15H2,(H,24,27). The second-order valence-corrected chi connectivity index (χ2v) is 7.78. The zero-order valence-electron chi connectivity index (χ0n) is 16.6. The Morgan fingerprint density at radius 1 is 1.03 bits per heavy atom. The SMILES string of the molecule is O=C(CCN1CCN(C(=O)C2COc3ccccc3O2)CC1)Nc1cccc(Cl)c1. The van der Waals surface area contributed by atoms with Crippen LogP contribution in [0.25, 0.3) is 0 Å². The predicted octanol–water partition coefficient (Wildman–Crippen LogP) is 2.65. The van der Waals surface area contributed by atoms with E-state index in [2.05, 4.69) is 10.2 Å². The summed E-state index contributed by atoms with van der Waals surface area (Å²) >= 11 is 5.94. The van der Waals surface area contributed by atoms with E-state index in [0.717, 1.165) is 13.1 Å². The van der Waals surface area contributed by atoms with Gasteiger partial charge in [-0.2, -0.15) is 0 Å². The smallest absolute Gasteiger partial charge is 0.267 e. The Balaban J connectivity index is 1.20. The van der Waals surface area contributed by atoms with Crippen LogP contribution in [0, 0.1) is 0 Å². The summed E-state index contributed by atoms with van der Waals surface area (Å²) in [5.41, 5.74) is 0.694. The van der Waals surface area contributed by atoms with E-state index in [1.807, 2.05) is 29.2 Å². The third kappa shape index (κ3) is 5.04. The summed E-state index contributed by atoms with van der Waals surface area (Å²) in [5, 5.41) is 3.44. The van der Waals surface area contributed by atoms with Gasteiger partial charge in [-0.3, -0.25) is 14.5 Å². The van der Waals surface area contributed by atoms with Crippen LogP contribution in [-0.2, 0) is 9.59 Å². The largest absolute Gasteiger partial charge is 0.485 e. The highest BCUT2D eigenvalue weighted by atomic mass is 35.5. The lowest BCUT2D eigenvalue weighted by molar-refractivity contribution is -0.143. The van der Waals surface area contributed by atoms with Crippen molar-refractivity contribution < 1.29 is 19.1 Å². The molecule has 8 heteroatoms. The van der Waals surface area contributed by atoms with Crippen molar-refractivity contribution >= 4 is 29.1 Å². The van der Waals surface area contributed by atoms with Crippen molar-refractivity contribution in [2.45, 2.75) is 12.5 Å². The molecule has 1 atom stereocenters. The van der Waals surface area contributed by atoms with E-state index < -0.39 is 6.10 Å². The van der Waals surface area contributed by atoms with Crippen LogP contribution in [0.3, 0.4) is 0 Å². The Bertz CT molecular complexity index is 915. The third-order valence-corrected chi connectivity index (χ3v) is 5.47. The minimum Gasteiger partial charge on any atom is -0.485 e. The maximum atomic E-state index is 12.8. The summed E-state index contributed by atoms with van der Waals surface area (Å²) in [7, 11) is 0. The molecule has 1 fully saturated rings. The molecule has 0 saturated carbocycles. The number of carbonyl (C=O) groups is 2. The van der Waals surface area contributed by atoms with Gasteiger partial charge in [0, 0.05) is 49.9 Å². The average molecular weight is 430 g/mol. The van der Waals surface area contributed by atoms with Gasteiger partial charge in [-0.05, 0) is 30.3 Å².